The molecule has 0 aromatic carbocycles. The van der Waals surface area contributed by atoms with Gasteiger partial charge >= 0.3 is 17.9 Å². The van der Waals surface area contributed by atoms with E-state index in [2.05, 4.69) is 4.90 Å². The lowest BCUT2D eigenvalue weighted by Crippen LogP contribution is -2.51. The van der Waals surface area contributed by atoms with Crippen LogP contribution in [-0.2, 0) is 33.3 Å². The second kappa shape index (κ2) is 8.35. The van der Waals surface area contributed by atoms with Gasteiger partial charge in [-0.15, -0.1) is 0 Å². The molecule has 172 valence electrons. The minimum absolute atomic E-state index is 0.166. The molecule has 1 aliphatic carbocycles. The number of hydrogen-bond donors (Lipinski definition) is 0. The van der Waals surface area contributed by atoms with Crippen LogP contribution in [0, 0.1) is 17.8 Å². The monoisotopic (exact) mass is 435 g/mol. The van der Waals surface area contributed by atoms with E-state index in [4.69, 9.17) is 18.9 Å². The van der Waals surface area contributed by atoms with Crippen molar-refractivity contribution in [3.05, 3.63) is 0 Å². The molecule has 8 heteroatoms. The summed E-state index contributed by atoms with van der Waals surface area (Å²) in [5, 5.41) is 0. The first kappa shape index (κ1) is 21.2. The number of carbonyl (C=O) groups is 3. The fourth-order valence-electron chi connectivity index (χ4n) is 6.34. The number of carbonyl (C=O) groups excluding carboxylic acids is 3. The van der Waals surface area contributed by atoms with Gasteiger partial charge in [-0.05, 0) is 58.0 Å². The Balaban J connectivity index is 1.32. The first-order valence-electron chi connectivity index (χ1n) is 12.0. The van der Waals surface area contributed by atoms with Crippen molar-refractivity contribution in [2.24, 2.45) is 17.8 Å². The number of likely N-dealkylation sites (tertiary alicyclic amines) is 1. The predicted octanol–water partition coefficient (Wildman–Crippen LogP) is 1.84. The summed E-state index contributed by atoms with van der Waals surface area (Å²) in [6.07, 6.45) is 6.05. The van der Waals surface area contributed by atoms with E-state index in [1.54, 1.807) is 0 Å². The molecule has 4 aliphatic heterocycles. The first-order valence-corrected chi connectivity index (χ1v) is 12.0. The first-order chi connectivity index (χ1) is 15.0. The molecule has 0 N–H and O–H groups in total. The maximum atomic E-state index is 13.4. The minimum Gasteiger partial charge on any atom is -0.465 e. The number of rotatable bonds is 6. The molecule has 4 saturated heterocycles. The molecular formula is C23H33NO7. The zero-order valence-corrected chi connectivity index (χ0v) is 18.3. The van der Waals surface area contributed by atoms with Crippen molar-refractivity contribution in [3.63, 3.8) is 0 Å². The number of hydrogen-bond acceptors (Lipinski definition) is 8. The SMILES string of the molecule is CCC1(OC(=O)C2C(OC(=O)CN3CCCCC3)C3OC2C2C(=O)OCC32)CCCC1. The summed E-state index contributed by atoms with van der Waals surface area (Å²) in [5.41, 5.74) is -0.448. The van der Waals surface area contributed by atoms with Crippen LogP contribution in [0.25, 0.3) is 0 Å². The van der Waals surface area contributed by atoms with Gasteiger partial charge in [0, 0.05) is 5.92 Å². The molecule has 31 heavy (non-hydrogen) atoms. The second-order valence-electron chi connectivity index (χ2n) is 9.87. The maximum absolute atomic E-state index is 13.4. The highest BCUT2D eigenvalue weighted by atomic mass is 16.6. The summed E-state index contributed by atoms with van der Waals surface area (Å²) in [5.74, 6) is -2.47. The quantitative estimate of drug-likeness (QED) is 0.461. The Morgan fingerprint density at radius 3 is 2.55 bits per heavy atom. The van der Waals surface area contributed by atoms with Crippen molar-refractivity contribution in [2.75, 3.05) is 26.2 Å². The van der Waals surface area contributed by atoms with Gasteiger partial charge in [0.1, 0.15) is 23.7 Å². The third-order valence-corrected chi connectivity index (χ3v) is 8.09. The number of nitrogens with zero attached hydrogens (tertiary/aromatic N) is 1. The van der Waals surface area contributed by atoms with Crippen molar-refractivity contribution in [3.8, 4) is 0 Å². The fourth-order valence-corrected chi connectivity index (χ4v) is 6.34. The van der Waals surface area contributed by atoms with Crippen molar-refractivity contribution in [1.29, 1.82) is 0 Å². The van der Waals surface area contributed by atoms with Crippen LogP contribution in [0.5, 0.6) is 0 Å². The van der Waals surface area contributed by atoms with Crippen LogP contribution >= 0.6 is 0 Å². The number of piperidine rings is 1. The maximum Gasteiger partial charge on any atom is 0.320 e. The molecule has 5 rings (SSSR count). The van der Waals surface area contributed by atoms with E-state index in [1.807, 2.05) is 6.92 Å². The Morgan fingerprint density at radius 2 is 1.84 bits per heavy atom. The highest BCUT2D eigenvalue weighted by Gasteiger charge is 2.69. The summed E-state index contributed by atoms with van der Waals surface area (Å²) in [7, 11) is 0. The van der Waals surface area contributed by atoms with Crippen LogP contribution in [0.3, 0.4) is 0 Å². The molecule has 6 unspecified atom stereocenters. The van der Waals surface area contributed by atoms with Gasteiger partial charge in [-0.25, -0.2) is 0 Å². The van der Waals surface area contributed by atoms with Gasteiger partial charge in [0.15, 0.2) is 0 Å². The number of fused-ring (bicyclic) bond motifs is 5. The van der Waals surface area contributed by atoms with Crippen LogP contribution in [0.15, 0.2) is 0 Å². The average molecular weight is 436 g/mol. The zero-order chi connectivity index (χ0) is 21.6. The van der Waals surface area contributed by atoms with Crippen LogP contribution in [0.4, 0.5) is 0 Å². The zero-order valence-electron chi connectivity index (χ0n) is 18.3. The van der Waals surface area contributed by atoms with Gasteiger partial charge in [0.2, 0.25) is 0 Å². The van der Waals surface area contributed by atoms with E-state index in [-0.39, 0.29) is 31.0 Å². The second-order valence-corrected chi connectivity index (χ2v) is 9.87. The lowest BCUT2D eigenvalue weighted by Gasteiger charge is -2.35. The highest BCUT2D eigenvalue weighted by molar-refractivity contribution is 5.82. The summed E-state index contributed by atoms with van der Waals surface area (Å²) in [6.45, 7) is 4.29. The summed E-state index contributed by atoms with van der Waals surface area (Å²) >= 11 is 0. The largest absolute Gasteiger partial charge is 0.465 e. The normalized spacial score (nSPS) is 38.7. The van der Waals surface area contributed by atoms with E-state index in [0.717, 1.165) is 58.0 Å². The van der Waals surface area contributed by atoms with Gasteiger partial charge in [0.25, 0.3) is 0 Å². The molecule has 5 aliphatic rings. The minimum atomic E-state index is -0.772. The Kier molecular flexibility index (Phi) is 5.71. The molecule has 0 radical (unpaired) electrons. The van der Waals surface area contributed by atoms with E-state index < -0.39 is 41.7 Å². The summed E-state index contributed by atoms with van der Waals surface area (Å²) in [6, 6.07) is 0. The van der Waals surface area contributed by atoms with Gasteiger partial charge in [-0.2, -0.15) is 0 Å². The Labute approximate surface area is 182 Å². The fraction of sp³-hybridized carbons (Fsp3) is 0.870. The summed E-state index contributed by atoms with van der Waals surface area (Å²) < 4.78 is 23.3. The number of cyclic esters (lactones) is 1. The van der Waals surface area contributed by atoms with Gasteiger partial charge in [-0.1, -0.05) is 13.3 Å². The third-order valence-electron chi connectivity index (χ3n) is 8.09. The molecule has 1 saturated carbocycles. The van der Waals surface area contributed by atoms with Crippen molar-refractivity contribution in [2.45, 2.75) is 82.2 Å². The van der Waals surface area contributed by atoms with E-state index >= 15 is 0 Å². The lowest BCUT2D eigenvalue weighted by molar-refractivity contribution is -0.175. The van der Waals surface area contributed by atoms with E-state index in [0.29, 0.717) is 0 Å². The molecule has 2 bridgehead atoms. The van der Waals surface area contributed by atoms with E-state index in [9.17, 15) is 14.4 Å². The molecule has 8 nitrogen and oxygen atoms in total. The smallest absolute Gasteiger partial charge is 0.320 e. The van der Waals surface area contributed by atoms with Crippen LogP contribution in [0.2, 0.25) is 0 Å². The van der Waals surface area contributed by atoms with Crippen molar-refractivity contribution in [1.82, 2.24) is 4.90 Å². The molecule has 0 aromatic heterocycles. The molecule has 0 aromatic rings. The van der Waals surface area contributed by atoms with Crippen LogP contribution in [0.1, 0.15) is 58.3 Å². The standard InChI is InChI=1S/C23H33NO7/c1-2-23(8-4-5-9-23)31-22(27)17-19-16-14(13-28-21(16)26)18(30-19)20(17)29-15(25)12-24-10-6-3-7-11-24/h14,16-20H,2-13H2,1H3. The molecule has 5 fully saturated rings. The molecule has 4 heterocycles. The highest BCUT2D eigenvalue weighted by Crippen LogP contribution is 2.52. The molecule has 0 spiro atoms. The van der Waals surface area contributed by atoms with Crippen molar-refractivity contribution >= 4 is 17.9 Å². The Morgan fingerprint density at radius 1 is 1.10 bits per heavy atom. The Bertz CT molecular complexity index is 727. The van der Waals surface area contributed by atoms with E-state index in [1.165, 1.54) is 6.42 Å². The topological polar surface area (TPSA) is 91.4 Å². The lowest BCUT2D eigenvalue weighted by atomic mass is 9.73. The molecule has 6 atom stereocenters. The predicted molar refractivity (Wildman–Crippen MR) is 108 cm³/mol. The van der Waals surface area contributed by atoms with Crippen LogP contribution in [-0.4, -0.2) is 73.0 Å². The van der Waals surface area contributed by atoms with Crippen molar-refractivity contribution < 1.29 is 33.3 Å². The molecule has 0 amide bonds. The van der Waals surface area contributed by atoms with Gasteiger partial charge in [-0.3, -0.25) is 19.3 Å². The van der Waals surface area contributed by atoms with Gasteiger partial charge in [0.05, 0.1) is 25.2 Å². The third kappa shape index (κ3) is 3.75. The van der Waals surface area contributed by atoms with Crippen LogP contribution < -0.4 is 0 Å². The molecular weight excluding hydrogens is 402 g/mol. The number of ether oxygens (including phenoxy) is 4. The Hall–Kier alpha value is -1.67. The van der Waals surface area contributed by atoms with Gasteiger partial charge < -0.3 is 18.9 Å². The average Bonchev–Trinajstić information content (AvgIpc) is 3.52. The number of esters is 3. The summed E-state index contributed by atoms with van der Waals surface area (Å²) in [4.78, 5) is 40.5.